The van der Waals surface area contributed by atoms with Crippen LogP contribution in [-0.4, -0.2) is 28.1 Å². The number of ether oxygens (including phenoxy) is 1. The van der Waals surface area contributed by atoms with Crippen LogP contribution >= 0.6 is 27.5 Å². The quantitative estimate of drug-likeness (QED) is 0.722. The standard InChI is InChI=1S/C14H18BrClN4O/c1-2-5-17-9-12-10-20(19-18-12)6-7-21-14-8-11(15)3-4-13(14)16/h3-4,8,10,17H,2,5-7,9H2,1H3. The lowest BCUT2D eigenvalue weighted by atomic mass is 10.3. The molecule has 1 N–H and O–H groups in total. The highest BCUT2D eigenvalue weighted by Gasteiger charge is 2.04. The molecule has 0 amide bonds. The number of nitrogens with one attached hydrogen (secondary N) is 1. The first-order valence-corrected chi connectivity index (χ1v) is 8.03. The molecule has 0 fully saturated rings. The molecule has 0 aliphatic rings. The Hall–Kier alpha value is -1.11. The van der Waals surface area contributed by atoms with E-state index in [9.17, 15) is 0 Å². The smallest absolute Gasteiger partial charge is 0.139 e. The Morgan fingerprint density at radius 1 is 1.43 bits per heavy atom. The van der Waals surface area contributed by atoms with Gasteiger partial charge in [0.2, 0.25) is 0 Å². The Morgan fingerprint density at radius 2 is 2.29 bits per heavy atom. The Kier molecular flexibility index (Phi) is 6.48. The minimum atomic E-state index is 0.487. The van der Waals surface area contributed by atoms with Gasteiger partial charge >= 0.3 is 0 Å². The maximum Gasteiger partial charge on any atom is 0.139 e. The Balaban J connectivity index is 1.79. The summed E-state index contributed by atoms with van der Waals surface area (Å²) in [4.78, 5) is 0. The number of rotatable bonds is 8. The van der Waals surface area contributed by atoms with Crippen molar-refractivity contribution in [2.45, 2.75) is 26.4 Å². The van der Waals surface area contributed by atoms with Crippen LogP contribution in [0.4, 0.5) is 0 Å². The fraction of sp³-hybridized carbons (Fsp3) is 0.429. The monoisotopic (exact) mass is 372 g/mol. The molecule has 0 aliphatic carbocycles. The molecule has 2 rings (SSSR count). The molecule has 1 aromatic heterocycles. The first kappa shape index (κ1) is 16.3. The van der Waals surface area contributed by atoms with Gasteiger partial charge in [0, 0.05) is 17.2 Å². The summed E-state index contributed by atoms with van der Waals surface area (Å²) in [6.07, 6.45) is 3.03. The van der Waals surface area contributed by atoms with E-state index in [4.69, 9.17) is 16.3 Å². The molecule has 114 valence electrons. The molecule has 0 atom stereocenters. The lowest BCUT2D eigenvalue weighted by molar-refractivity contribution is 0.289. The zero-order chi connectivity index (χ0) is 15.1. The second kappa shape index (κ2) is 8.36. The Morgan fingerprint density at radius 3 is 3.10 bits per heavy atom. The maximum absolute atomic E-state index is 6.06. The van der Waals surface area contributed by atoms with Gasteiger partial charge in [0.15, 0.2) is 0 Å². The molecular weight excluding hydrogens is 356 g/mol. The van der Waals surface area contributed by atoms with Crippen LogP contribution in [0.1, 0.15) is 19.0 Å². The topological polar surface area (TPSA) is 52.0 Å². The molecule has 0 bridgehead atoms. The maximum atomic E-state index is 6.06. The first-order chi connectivity index (χ1) is 10.2. The van der Waals surface area contributed by atoms with E-state index in [1.54, 1.807) is 10.7 Å². The second-order valence-corrected chi connectivity index (χ2v) is 5.90. The van der Waals surface area contributed by atoms with E-state index in [-0.39, 0.29) is 0 Å². The van der Waals surface area contributed by atoms with Crippen molar-refractivity contribution in [2.75, 3.05) is 13.2 Å². The lowest BCUT2D eigenvalue weighted by Gasteiger charge is -2.08. The van der Waals surface area contributed by atoms with Crippen molar-refractivity contribution >= 4 is 27.5 Å². The molecule has 0 saturated heterocycles. The molecule has 1 heterocycles. The zero-order valence-corrected chi connectivity index (χ0v) is 14.2. The van der Waals surface area contributed by atoms with Gasteiger partial charge in [0.1, 0.15) is 12.4 Å². The zero-order valence-electron chi connectivity index (χ0n) is 11.9. The molecule has 0 aliphatic heterocycles. The number of nitrogens with zero attached hydrogens (tertiary/aromatic N) is 3. The lowest BCUT2D eigenvalue weighted by Crippen LogP contribution is -2.14. The van der Waals surface area contributed by atoms with Gasteiger partial charge in [0.05, 0.1) is 17.3 Å². The van der Waals surface area contributed by atoms with Crippen LogP contribution in [-0.2, 0) is 13.1 Å². The van der Waals surface area contributed by atoms with Crippen molar-refractivity contribution in [2.24, 2.45) is 0 Å². The van der Waals surface area contributed by atoms with Crippen LogP contribution < -0.4 is 10.1 Å². The van der Waals surface area contributed by atoms with Crippen LogP contribution in [0.3, 0.4) is 0 Å². The highest BCUT2D eigenvalue weighted by Crippen LogP contribution is 2.27. The van der Waals surface area contributed by atoms with Crippen molar-refractivity contribution in [3.8, 4) is 5.75 Å². The van der Waals surface area contributed by atoms with Crippen LogP contribution in [0.5, 0.6) is 5.75 Å². The molecule has 0 saturated carbocycles. The summed E-state index contributed by atoms with van der Waals surface area (Å²) in [5.41, 5.74) is 0.934. The predicted molar refractivity (Wildman–Crippen MR) is 86.7 cm³/mol. The molecule has 2 aromatic rings. The van der Waals surface area contributed by atoms with Crippen molar-refractivity contribution < 1.29 is 4.74 Å². The van der Waals surface area contributed by atoms with E-state index in [2.05, 4.69) is 38.5 Å². The van der Waals surface area contributed by atoms with E-state index in [1.807, 2.05) is 18.3 Å². The van der Waals surface area contributed by atoms with Gasteiger partial charge in [-0.3, -0.25) is 0 Å². The molecule has 7 heteroatoms. The highest BCUT2D eigenvalue weighted by atomic mass is 79.9. The molecule has 0 unspecified atom stereocenters. The van der Waals surface area contributed by atoms with Gasteiger partial charge < -0.3 is 10.1 Å². The summed E-state index contributed by atoms with van der Waals surface area (Å²) >= 11 is 9.46. The third-order valence-corrected chi connectivity index (χ3v) is 3.60. The van der Waals surface area contributed by atoms with Crippen LogP contribution in [0, 0.1) is 0 Å². The average molecular weight is 374 g/mol. The fourth-order valence-corrected chi connectivity index (χ4v) is 2.27. The second-order valence-electron chi connectivity index (χ2n) is 4.57. The van der Waals surface area contributed by atoms with Crippen molar-refractivity contribution in [1.29, 1.82) is 0 Å². The molecular formula is C14H18BrClN4O. The normalized spacial score (nSPS) is 10.8. The predicted octanol–water partition coefficient (Wildman–Crippen LogP) is 3.27. The summed E-state index contributed by atoms with van der Waals surface area (Å²) in [5.74, 6) is 0.663. The summed E-state index contributed by atoms with van der Waals surface area (Å²) in [7, 11) is 0. The van der Waals surface area contributed by atoms with Crippen LogP contribution in [0.15, 0.2) is 28.9 Å². The van der Waals surface area contributed by atoms with Crippen LogP contribution in [0.2, 0.25) is 5.02 Å². The van der Waals surface area contributed by atoms with Crippen LogP contribution in [0.25, 0.3) is 0 Å². The van der Waals surface area contributed by atoms with Gasteiger partial charge in [-0.05, 0) is 31.2 Å². The summed E-state index contributed by atoms with van der Waals surface area (Å²) in [6, 6.07) is 5.53. The molecule has 0 radical (unpaired) electrons. The number of aromatic nitrogens is 3. The van der Waals surface area contributed by atoms with Crippen molar-refractivity contribution in [1.82, 2.24) is 20.3 Å². The van der Waals surface area contributed by atoms with E-state index < -0.39 is 0 Å². The minimum Gasteiger partial charge on any atom is -0.490 e. The van der Waals surface area contributed by atoms with E-state index >= 15 is 0 Å². The fourth-order valence-electron chi connectivity index (χ4n) is 1.76. The highest BCUT2D eigenvalue weighted by molar-refractivity contribution is 9.10. The van der Waals surface area contributed by atoms with Gasteiger partial charge in [-0.1, -0.05) is 39.7 Å². The molecule has 0 spiro atoms. The van der Waals surface area contributed by atoms with Crippen molar-refractivity contribution in [3.05, 3.63) is 39.6 Å². The third-order valence-electron chi connectivity index (χ3n) is 2.79. The van der Waals surface area contributed by atoms with E-state index in [0.29, 0.717) is 23.9 Å². The summed E-state index contributed by atoms with van der Waals surface area (Å²) < 4.78 is 8.37. The van der Waals surface area contributed by atoms with Crippen molar-refractivity contribution in [3.63, 3.8) is 0 Å². The summed E-state index contributed by atoms with van der Waals surface area (Å²) in [6.45, 7) is 4.97. The number of hydrogen-bond acceptors (Lipinski definition) is 4. The SMILES string of the molecule is CCCNCc1cn(CCOc2cc(Br)ccc2Cl)nn1. The van der Waals surface area contributed by atoms with Gasteiger partial charge in [-0.2, -0.15) is 0 Å². The van der Waals surface area contributed by atoms with E-state index in [0.717, 1.165) is 29.7 Å². The Bertz CT molecular complexity index is 576. The third kappa shape index (κ3) is 5.30. The number of halogens is 2. The molecule has 21 heavy (non-hydrogen) atoms. The molecule has 1 aromatic carbocycles. The number of benzene rings is 1. The number of hydrogen-bond donors (Lipinski definition) is 1. The van der Waals surface area contributed by atoms with Gasteiger partial charge in [-0.15, -0.1) is 5.10 Å². The minimum absolute atomic E-state index is 0.487. The van der Waals surface area contributed by atoms with E-state index in [1.165, 1.54) is 0 Å². The average Bonchev–Trinajstić information content (AvgIpc) is 2.91. The first-order valence-electron chi connectivity index (χ1n) is 6.86. The van der Waals surface area contributed by atoms with Gasteiger partial charge in [0.25, 0.3) is 0 Å². The molecule has 5 nitrogen and oxygen atoms in total. The Labute approximate surface area is 137 Å². The van der Waals surface area contributed by atoms with Gasteiger partial charge in [-0.25, -0.2) is 4.68 Å². The largest absolute Gasteiger partial charge is 0.490 e. The summed E-state index contributed by atoms with van der Waals surface area (Å²) in [5, 5.41) is 12.1.